The molecule has 1 aromatic heterocycles. The van der Waals surface area contributed by atoms with Gasteiger partial charge in [0.05, 0.1) is 6.20 Å². The highest BCUT2D eigenvalue weighted by Crippen LogP contribution is 2.24. The van der Waals surface area contributed by atoms with Gasteiger partial charge in [0.2, 0.25) is 0 Å². The van der Waals surface area contributed by atoms with Gasteiger partial charge in [-0.25, -0.2) is 0 Å². The van der Waals surface area contributed by atoms with Crippen LogP contribution in [0.4, 0.5) is 5.69 Å². The average molecular weight is 229 g/mol. The van der Waals surface area contributed by atoms with E-state index in [1.165, 1.54) is 7.05 Å². The first-order valence-corrected chi connectivity index (χ1v) is 5.26. The van der Waals surface area contributed by atoms with Gasteiger partial charge in [0.25, 0.3) is 0 Å². The molecule has 0 bridgehead atoms. The van der Waals surface area contributed by atoms with Crippen molar-refractivity contribution in [3.8, 4) is 11.5 Å². The van der Waals surface area contributed by atoms with Gasteiger partial charge in [-0.05, 0) is 38.2 Å². The first kappa shape index (κ1) is 11.4. The van der Waals surface area contributed by atoms with Crippen molar-refractivity contribution in [2.75, 3.05) is 12.1 Å². The molecule has 0 atom stereocenters. The van der Waals surface area contributed by atoms with E-state index in [1.54, 1.807) is 30.5 Å². The summed E-state index contributed by atoms with van der Waals surface area (Å²) in [5.41, 5.74) is 1.49. The van der Waals surface area contributed by atoms with Crippen LogP contribution in [0.25, 0.3) is 0 Å². The molecule has 4 nitrogen and oxygen atoms in total. The Morgan fingerprint density at radius 1 is 1.18 bits per heavy atom. The molecular formula is C13H13N2O2-. The molecule has 0 saturated heterocycles. The Labute approximate surface area is 100 Å². The molecule has 0 aliphatic heterocycles. The van der Waals surface area contributed by atoms with Crippen molar-refractivity contribution in [3.63, 3.8) is 0 Å². The van der Waals surface area contributed by atoms with E-state index < -0.39 is 0 Å². The molecule has 0 radical (unpaired) electrons. The number of pyridine rings is 1. The zero-order valence-corrected chi connectivity index (χ0v) is 9.75. The maximum Gasteiger partial charge on any atom is 0.145 e. The molecule has 0 fully saturated rings. The van der Waals surface area contributed by atoms with Gasteiger partial charge >= 0.3 is 0 Å². The number of aryl methyl sites for hydroxylation is 1. The second kappa shape index (κ2) is 4.84. The Balaban J connectivity index is 2.18. The third-order valence-electron chi connectivity index (χ3n) is 2.30. The summed E-state index contributed by atoms with van der Waals surface area (Å²) in [6, 6.07) is 10.7. The summed E-state index contributed by atoms with van der Waals surface area (Å²) in [5.74, 6) is 1.28. The van der Waals surface area contributed by atoms with Gasteiger partial charge < -0.3 is 15.0 Å². The minimum absolute atomic E-state index is 0.558. The Kier molecular flexibility index (Phi) is 3.25. The average Bonchev–Trinajstić information content (AvgIpc) is 2.32. The van der Waals surface area contributed by atoms with E-state index in [4.69, 9.17) is 4.74 Å². The van der Waals surface area contributed by atoms with Crippen molar-refractivity contribution in [2.45, 2.75) is 6.92 Å². The van der Waals surface area contributed by atoms with Crippen LogP contribution in [0.1, 0.15) is 5.69 Å². The van der Waals surface area contributed by atoms with E-state index >= 15 is 0 Å². The van der Waals surface area contributed by atoms with Gasteiger partial charge in [-0.3, -0.25) is 4.98 Å². The monoisotopic (exact) mass is 229 g/mol. The summed E-state index contributed by atoms with van der Waals surface area (Å²) in [6.45, 7) is 1.91. The van der Waals surface area contributed by atoms with Crippen molar-refractivity contribution >= 4 is 5.69 Å². The smallest absolute Gasteiger partial charge is 0.145 e. The molecule has 0 N–H and O–H groups in total. The number of nitrogens with zero attached hydrogens (tertiary/aromatic N) is 2. The van der Waals surface area contributed by atoms with Crippen molar-refractivity contribution in [1.82, 2.24) is 4.98 Å². The summed E-state index contributed by atoms with van der Waals surface area (Å²) in [6.07, 6.45) is 1.66. The third kappa shape index (κ3) is 2.95. The van der Waals surface area contributed by atoms with Gasteiger partial charge in [-0.2, -0.15) is 0 Å². The lowest BCUT2D eigenvalue weighted by Crippen LogP contribution is -2.05. The first-order valence-electron chi connectivity index (χ1n) is 5.26. The van der Waals surface area contributed by atoms with Crippen molar-refractivity contribution in [2.24, 2.45) is 0 Å². The van der Waals surface area contributed by atoms with E-state index in [2.05, 4.69) is 4.98 Å². The van der Waals surface area contributed by atoms with Gasteiger partial charge in [0.15, 0.2) is 0 Å². The molecular weight excluding hydrogens is 216 g/mol. The molecule has 17 heavy (non-hydrogen) atoms. The van der Waals surface area contributed by atoms with E-state index in [0.717, 1.165) is 10.8 Å². The maximum atomic E-state index is 11.1. The topological polar surface area (TPSA) is 48.4 Å². The molecule has 0 unspecified atom stereocenters. The van der Waals surface area contributed by atoms with Crippen LogP contribution in [-0.2, 0) is 0 Å². The third-order valence-corrected chi connectivity index (χ3v) is 2.30. The van der Waals surface area contributed by atoms with Gasteiger partial charge in [-0.15, -0.1) is 0 Å². The van der Waals surface area contributed by atoms with Crippen molar-refractivity contribution in [3.05, 3.63) is 53.5 Å². The Morgan fingerprint density at radius 3 is 2.65 bits per heavy atom. The molecule has 0 saturated carbocycles. The number of hydrogen-bond donors (Lipinski definition) is 0. The molecule has 0 spiro atoms. The summed E-state index contributed by atoms with van der Waals surface area (Å²) in [5, 5.41) is 11.9. The van der Waals surface area contributed by atoms with Crippen LogP contribution in [0.2, 0.25) is 0 Å². The zero-order valence-electron chi connectivity index (χ0n) is 9.75. The first-order chi connectivity index (χ1) is 8.15. The van der Waals surface area contributed by atoms with Crippen LogP contribution in [0.15, 0.2) is 42.6 Å². The molecule has 88 valence electrons. The number of hydrogen-bond acceptors (Lipinski definition) is 4. The predicted octanol–water partition coefficient (Wildman–Crippen LogP) is 3.12. The van der Waals surface area contributed by atoms with E-state index in [-0.39, 0.29) is 0 Å². The fourth-order valence-corrected chi connectivity index (χ4v) is 1.39. The lowest BCUT2D eigenvalue weighted by Gasteiger charge is -2.24. The van der Waals surface area contributed by atoms with Gasteiger partial charge in [0, 0.05) is 17.4 Å². The van der Waals surface area contributed by atoms with Crippen LogP contribution in [-0.4, -0.2) is 12.0 Å². The number of anilines is 1. The number of hydroxylamine groups is 1. The standard InChI is InChI=1S/C13H13N2O2/c1-10-6-7-13(9-14-10)17-12-5-3-4-11(8-12)15(2)16/h3-9H,1-2H3/q-1. The van der Waals surface area contributed by atoms with E-state index in [1.807, 2.05) is 19.1 Å². The van der Waals surface area contributed by atoms with E-state index in [9.17, 15) is 5.21 Å². The summed E-state index contributed by atoms with van der Waals surface area (Å²) >= 11 is 0. The molecule has 0 amide bonds. The van der Waals surface area contributed by atoms with Crippen molar-refractivity contribution < 1.29 is 4.74 Å². The minimum atomic E-state index is 0.558. The molecule has 2 aromatic rings. The molecule has 0 aliphatic rings. The quantitative estimate of drug-likeness (QED) is 0.759. The predicted molar refractivity (Wildman–Crippen MR) is 67.3 cm³/mol. The molecule has 4 heteroatoms. The number of rotatable bonds is 3. The Morgan fingerprint density at radius 2 is 2.00 bits per heavy atom. The lowest BCUT2D eigenvalue weighted by molar-refractivity contribution is 0.480. The minimum Gasteiger partial charge on any atom is -0.758 e. The Hall–Kier alpha value is -2.07. The molecule has 1 aromatic carbocycles. The number of ether oxygens (including phenoxy) is 1. The van der Waals surface area contributed by atoms with Crippen LogP contribution in [0.5, 0.6) is 11.5 Å². The van der Waals surface area contributed by atoms with E-state index in [0.29, 0.717) is 17.2 Å². The molecule has 1 heterocycles. The fraction of sp³-hybridized carbons (Fsp3) is 0.154. The normalized spacial score (nSPS) is 10.1. The van der Waals surface area contributed by atoms with Crippen LogP contribution in [0.3, 0.4) is 0 Å². The number of aromatic nitrogens is 1. The zero-order chi connectivity index (χ0) is 12.3. The van der Waals surface area contributed by atoms with Gasteiger partial charge in [-0.1, -0.05) is 6.07 Å². The SMILES string of the molecule is Cc1ccc(Oc2cccc(N(C)[O-])c2)cn1. The second-order valence-electron chi connectivity index (χ2n) is 3.73. The van der Waals surface area contributed by atoms with Crippen LogP contribution < -0.4 is 9.80 Å². The highest BCUT2D eigenvalue weighted by molar-refractivity contribution is 5.51. The Bertz CT molecular complexity index is 495. The summed E-state index contributed by atoms with van der Waals surface area (Å²) in [4.78, 5) is 4.14. The highest BCUT2D eigenvalue weighted by Gasteiger charge is 1.99. The number of benzene rings is 1. The summed E-state index contributed by atoms with van der Waals surface area (Å²) in [7, 11) is 1.45. The maximum absolute atomic E-state index is 11.1. The highest BCUT2D eigenvalue weighted by atomic mass is 16.5. The summed E-state index contributed by atoms with van der Waals surface area (Å²) < 4.78 is 5.60. The van der Waals surface area contributed by atoms with Crippen LogP contribution >= 0.6 is 0 Å². The molecule has 2 rings (SSSR count). The second-order valence-corrected chi connectivity index (χ2v) is 3.73. The fourth-order valence-electron chi connectivity index (χ4n) is 1.39. The lowest BCUT2D eigenvalue weighted by atomic mass is 10.3. The molecule has 0 aliphatic carbocycles. The largest absolute Gasteiger partial charge is 0.758 e. The van der Waals surface area contributed by atoms with Gasteiger partial charge in [0.1, 0.15) is 11.5 Å². The van der Waals surface area contributed by atoms with Crippen molar-refractivity contribution in [1.29, 1.82) is 0 Å². The van der Waals surface area contributed by atoms with Crippen LogP contribution in [0, 0.1) is 12.1 Å².